The molecule has 1 aromatic heterocycles. The maximum absolute atomic E-state index is 12.0. The number of ether oxygens (including phenoxy) is 2. The fraction of sp³-hybridized carbons (Fsp3) is 0.471. The molecule has 3 rings (SSSR count). The van der Waals surface area contributed by atoms with Gasteiger partial charge in [0, 0.05) is 30.3 Å². The second kappa shape index (κ2) is 6.40. The van der Waals surface area contributed by atoms with Gasteiger partial charge in [0.05, 0.1) is 19.1 Å². The number of benzene rings is 1. The molecule has 1 aliphatic carbocycles. The van der Waals surface area contributed by atoms with Crippen molar-refractivity contribution in [2.75, 3.05) is 20.3 Å². The average Bonchev–Trinajstić information content (AvgIpc) is 3.19. The van der Waals surface area contributed by atoms with Crippen LogP contribution in [0, 0.1) is 5.92 Å². The lowest BCUT2D eigenvalue weighted by atomic mass is 10.1. The quantitative estimate of drug-likeness (QED) is 0.824. The van der Waals surface area contributed by atoms with E-state index in [9.17, 15) is 4.79 Å². The Labute approximate surface area is 130 Å². The molecule has 0 aliphatic heterocycles. The van der Waals surface area contributed by atoms with Crippen LogP contribution in [0.15, 0.2) is 24.4 Å². The number of H-pyrrole nitrogens is 1. The van der Waals surface area contributed by atoms with Crippen LogP contribution in [0.5, 0.6) is 5.75 Å². The Morgan fingerprint density at radius 1 is 1.45 bits per heavy atom. The Bertz CT molecular complexity index is 665. The molecule has 2 aromatic rings. The van der Waals surface area contributed by atoms with Crippen LogP contribution < -0.4 is 10.1 Å². The van der Waals surface area contributed by atoms with Gasteiger partial charge in [-0.25, -0.2) is 0 Å². The van der Waals surface area contributed by atoms with Gasteiger partial charge < -0.3 is 19.8 Å². The highest BCUT2D eigenvalue weighted by molar-refractivity contribution is 5.85. The largest absolute Gasteiger partial charge is 0.497 e. The number of carbonyl (C=O) groups is 1. The van der Waals surface area contributed by atoms with E-state index in [1.165, 1.54) is 5.56 Å². The van der Waals surface area contributed by atoms with Crippen LogP contribution >= 0.6 is 0 Å². The minimum atomic E-state index is 0.0445. The lowest BCUT2D eigenvalue weighted by molar-refractivity contribution is -0.123. The van der Waals surface area contributed by atoms with Gasteiger partial charge in [0.2, 0.25) is 5.91 Å². The third-order valence-electron chi connectivity index (χ3n) is 4.12. The molecule has 2 unspecified atom stereocenters. The predicted octanol–water partition coefficient (Wildman–Crippen LogP) is 2.26. The van der Waals surface area contributed by atoms with Gasteiger partial charge in [0.1, 0.15) is 5.75 Å². The first-order valence-electron chi connectivity index (χ1n) is 7.76. The number of methoxy groups -OCH3 is 1. The summed E-state index contributed by atoms with van der Waals surface area (Å²) >= 11 is 0. The molecule has 2 atom stereocenters. The minimum absolute atomic E-state index is 0.0445. The van der Waals surface area contributed by atoms with Gasteiger partial charge >= 0.3 is 0 Å². The summed E-state index contributed by atoms with van der Waals surface area (Å²) in [7, 11) is 1.66. The molecule has 5 nitrogen and oxygen atoms in total. The molecule has 118 valence electrons. The van der Waals surface area contributed by atoms with Crippen LogP contribution in [0.4, 0.5) is 0 Å². The summed E-state index contributed by atoms with van der Waals surface area (Å²) in [4.78, 5) is 15.2. The Balaban J connectivity index is 1.55. The molecule has 1 aliphatic rings. The topological polar surface area (TPSA) is 63.3 Å². The van der Waals surface area contributed by atoms with E-state index < -0.39 is 0 Å². The van der Waals surface area contributed by atoms with Crippen molar-refractivity contribution in [3.05, 3.63) is 30.0 Å². The fourth-order valence-electron chi connectivity index (χ4n) is 2.79. The lowest BCUT2D eigenvalue weighted by Crippen LogP contribution is -2.28. The zero-order valence-electron chi connectivity index (χ0n) is 13.0. The first-order chi connectivity index (χ1) is 10.7. The maximum Gasteiger partial charge on any atom is 0.225 e. The first kappa shape index (κ1) is 14.9. The van der Waals surface area contributed by atoms with E-state index in [0.29, 0.717) is 13.2 Å². The van der Waals surface area contributed by atoms with Crippen molar-refractivity contribution in [1.29, 1.82) is 0 Å². The number of hydrogen-bond donors (Lipinski definition) is 2. The molecule has 1 amide bonds. The van der Waals surface area contributed by atoms with Gasteiger partial charge in [-0.15, -0.1) is 0 Å². The van der Waals surface area contributed by atoms with Gasteiger partial charge in [-0.2, -0.15) is 0 Å². The lowest BCUT2D eigenvalue weighted by Gasteiger charge is -2.05. The number of hydrogen-bond acceptors (Lipinski definition) is 3. The second-order valence-electron chi connectivity index (χ2n) is 5.60. The van der Waals surface area contributed by atoms with Crippen molar-refractivity contribution < 1.29 is 14.3 Å². The van der Waals surface area contributed by atoms with Gasteiger partial charge in [0.15, 0.2) is 0 Å². The van der Waals surface area contributed by atoms with E-state index in [-0.39, 0.29) is 17.9 Å². The van der Waals surface area contributed by atoms with Crippen molar-refractivity contribution in [3.8, 4) is 5.75 Å². The van der Waals surface area contributed by atoms with Crippen molar-refractivity contribution in [3.63, 3.8) is 0 Å². The van der Waals surface area contributed by atoms with E-state index in [1.807, 2.05) is 31.3 Å². The maximum atomic E-state index is 12.0. The summed E-state index contributed by atoms with van der Waals surface area (Å²) in [6.45, 7) is 3.27. The van der Waals surface area contributed by atoms with E-state index in [1.54, 1.807) is 7.11 Å². The Morgan fingerprint density at radius 3 is 3.09 bits per heavy atom. The van der Waals surface area contributed by atoms with E-state index in [4.69, 9.17) is 9.47 Å². The Hall–Kier alpha value is -2.01. The number of amides is 1. The monoisotopic (exact) mass is 302 g/mol. The number of fused-ring (bicyclic) bond motifs is 1. The van der Waals surface area contributed by atoms with Crippen LogP contribution in [0.2, 0.25) is 0 Å². The molecule has 0 spiro atoms. The van der Waals surface area contributed by atoms with E-state index >= 15 is 0 Å². The number of aromatic amines is 1. The van der Waals surface area contributed by atoms with Gasteiger partial charge in [-0.1, -0.05) is 0 Å². The Morgan fingerprint density at radius 2 is 2.32 bits per heavy atom. The SMILES string of the molecule is CCOC1CC1C(=O)NCCc1c[nH]c2ccc(OC)cc12. The molecule has 0 saturated heterocycles. The van der Waals surface area contributed by atoms with Crippen molar-refractivity contribution in [2.24, 2.45) is 5.92 Å². The highest BCUT2D eigenvalue weighted by Gasteiger charge is 2.43. The van der Waals surface area contributed by atoms with Crippen molar-refractivity contribution in [2.45, 2.75) is 25.9 Å². The summed E-state index contributed by atoms with van der Waals surface area (Å²) in [5.41, 5.74) is 2.27. The molecule has 22 heavy (non-hydrogen) atoms. The molecular weight excluding hydrogens is 280 g/mol. The third kappa shape index (κ3) is 3.09. The molecule has 0 bridgehead atoms. The molecule has 1 fully saturated rings. The molecule has 2 N–H and O–H groups in total. The number of carbonyl (C=O) groups excluding carboxylic acids is 1. The average molecular weight is 302 g/mol. The summed E-state index contributed by atoms with van der Waals surface area (Å²) in [6.07, 6.45) is 3.77. The summed E-state index contributed by atoms with van der Waals surface area (Å²) in [5, 5.41) is 4.15. The Kier molecular flexibility index (Phi) is 4.34. The molecular formula is C17H22N2O3. The smallest absolute Gasteiger partial charge is 0.225 e. The van der Waals surface area contributed by atoms with Crippen LogP contribution in [-0.4, -0.2) is 37.3 Å². The zero-order valence-corrected chi connectivity index (χ0v) is 13.0. The standard InChI is InChI=1S/C17H22N2O3/c1-3-22-16-9-14(16)17(20)18-7-6-11-10-19-15-5-4-12(21-2)8-13(11)15/h4-5,8,10,14,16,19H,3,6-7,9H2,1-2H3,(H,18,20). The van der Waals surface area contributed by atoms with Crippen LogP contribution in [0.1, 0.15) is 18.9 Å². The van der Waals surface area contributed by atoms with Gasteiger partial charge in [-0.05, 0) is 43.5 Å². The molecule has 1 saturated carbocycles. The number of nitrogens with one attached hydrogen (secondary N) is 2. The molecule has 1 aromatic carbocycles. The van der Waals surface area contributed by atoms with Gasteiger partial charge in [0.25, 0.3) is 0 Å². The van der Waals surface area contributed by atoms with E-state index in [2.05, 4.69) is 10.3 Å². The normalized spacial score (nSPS) is 20.1. The zero-order chi connectivity index (χ0) is 15.5. The van der Waals surface area contributed by atoms with Crippen LogP contribution in [-0.2, 0) is 16.0 Å². The summed E-state index contributed by atoms with van der Waals surface area (Å²) < 4.78 is 10.7. The van der Waals surface area contributed by atoms with Crippen LogP contribution in [0.3, 0.4) is 0 Å². The second-order valence-corrected chi connectivity index (χ2v) is 5.60. The molecule has 5 heteroatoms. The van der Waals surface area contributed by atoms with Crippen LogP contribution in [0.25, 0.3) is 10.9 Å². The fourth-order valence-corrected chi connectivity index (χ4v) is 2.79. The number of rotatable bonds is 7. The molecule has 1 heterocycles. The minimum Gasteiger partial charge on any atom is -0.497 e. The highest BCUT2D eigenvalue weighted by Crippen LogP contribution is 2.33. The summed E-state index contributed by atoms with van der Waals surface area (Å²) in [6, 6.07) is 5.97. The summed E-state index contributed by atoms with van der Waals surface area (Å²) in [5.74, 6) is 0.994. The predicted molar refractivity (Wildman–Crippen MR) is 85.1 cm³/mol. The molecule has 0 radical (unpaired) electrons. The van der Waals surface area contributed by atoms with E-state index in [0.717, 1.165) is 29.5 Å². The van der Waals surface area contributed by atoms with Crippen molar-refractivity contribution in [1.82, 2.24) is 10.3 Å². The first-order valence-corrected chi connectivity index (χ1v) is 7.76. The highest BCUT2D eigenvalue weighted by atomic mass is 16.5. The van der Waals surface area contributed by atoms with Gasteiger partial charge in [-0.3, -0.25) is 4.79 Å². The number of aromatic nitrogens is 1. The van der Waals surface area contributed by atoms with Crippen molar-refractivity contribution >= 4 is 16.8 Å². The third-order valence-corrected chi connectivity index (χ3v) is 4.12.